The molecule has 1 rings (SSSR count). The zero-order valence-corrected chi connectivity index (χ0v) is 8.38. The molecule has 0 saturated heterocycles. The molecule has 3 nitrogen and oxygen atoms in total. The Hall–Kier alpha value is -0.570. The van der Waals surface area contributed by atoms with Crippen LogP contribution in [0.4, 0.5) is 0 Å². The Kier molecular flexibility index (Phi) is 4.22. The number of amides is 1. The summed E-state index contributed by atoms with van der Waals surface area (Å²) in [5.41, 5.74) is 5.58. The van der Waals surface area contributed by atoms with Crippen molar-refractivity contribution in [2.75, 3.05) is 6.54 Å². The van der Waals surface area contributed by atoms with Gasteiger partial charge in [-0.2, -0.15) is 0 Å². The zero-order valence-electron chi connectivity index (χ0n) is 8.38. The zero-order chi connectivity index (χ0) is 9.68. The summed E-state index contributed by atoms with van der Waals surface area (Å²) in [6.45, 7) is 2.69. The third-order valence-electron chi connectivity index (χ3n) is 2.62. The molecule has 1 fully saturated rings. The third kappa shape index (κ3) is 3.77. The van der Waals surface area contributed by atoms with Crippen LogP contribution in [0, 0.1) is 5.92 Å². The molecule has 3 heteroatoms. The fraction of sp³-hybridized carbons (Fsp3) is 0.900. The van der Waals surface area contributed by atoms with Crippen molar-refractivity contribution in [3.8, 4) is 0 Å². The van der Waals surface area contributed by atoms with E-state index in [-0.39, 0.29) is 17.9 Å². The monoisotopic (exact) mass is 184 g/mol. The van der Waals surface area contributed by atoms with Crippen molar-refractivity contribution < 1.29 is 4.79 Å². The first-order valence-corrected chi connectivity index (χ1v) is 5.23. The highest BCUT2D eigenvalue weighted by molar-refractivity contribution is 5.78. The maximum absolute atomic E-state index is 11.5. The van der Waals surface area contributed by atoms with Gasteiger partial charge in [0.1, 0.15) is 0 Å². The van der Waals surface area contributed by atoms with E-state index in [0.717, 1.165) is 25.8 Å². The smallest absolute Gasteiger partial charge is 0.223 e. The van der Waals surface area contributed by atoms with Crippen LogP contribution in [0.1, 0.15) is 39.0 Å². The normalized spacial score (nSPS) is 20.2. The minimum absolute atomic E-state index is 0.184. The molecule has 3 N–H and O–H groups in total. The molecule has 0 aromatic carbocycles. The number of nitrogens with two attached hydrogens (primary N) is 1. The lowest BCUT2D eigenvalue weighted by Crippen LogP contribution is -2.32. The lowest BCUT2D eigenvalue weighted by atomic mass is 10.1. The Morgan fingerprint density at radius 3 is 2.69 bits per heavy atom. The Morgan fingerprint density at radius 2 is 2.15 bits per heavy atom. The summed E-state index contributed by atoms with van der Waals surface area (Å²) < 4.78 is 0. The van der Waals surface area contributed by atoms with Crippen LogP contribution < -0.4 is 11.1 Å². The molecule has 1 amide bonds. The second-order valence-corrected chi connectivity index (χ2v) is 4.04. The lowest BCUT2D eigenvalue weighted by Gasteiger charge is -2.11. The Bertz CT molecular complexity index is 162. The Morgan fingerprint density at radius 1 is 1.54 bits per heavy atom. The van der Waals surface area contributed by atoms with Gasteiger partial charge in [-0.3, -0.25) is 4.79 Å². The molecule has 1 saturated carbocycles. The molecule has 0 aromatic heterocycles. The minimum atomic E-state index is 0.184. The van der Waals surface area contributed by atoms with Crippen molar-refractivity contribution in [3.63, 3.8) is 0 Å². The van der Waals surface area contributed by atoms with Crippen molar-refractivity contribution in [3.05, 3.63) is 0 Å². The molecule has 1 atom stereocenters. The van der Waals surface area contributed by atoms with Crippen molar-refractivity contribution in [1.29, 1.82) is 0 Å². The van der Waals surface area contributed by atoms with Gasteiger partial charge in [-0.15, -0.1) is 0 Å². The van der Waals surface area contributed by atoms with E-state index in [1.807, 2.05) is 6.92 Å². The molecular formula is C10H20N2O. The molecule has 0 spiro atoms. The van der Waals surface area contributed by atoms with Gasteiger partial charge in [-0.05, 0) is 26.2 Å². The highest BCUT2D eigenvalue weighted by atomic mass is 16.1. The van der Waals surface area contributed by atoms with Gasteiger partial charge in [0.25, 0.3) is 0 Å². The highest BCUT2D eigenvalue weighted by Crippen LogP contribution is 2.24. The van der Waals surface area contributed by atoms with E-state index in [1.54, 1.807) is 0 Å². The number of rotatable bonds is 4. The van der Waals surface area contributed by atoms with Gasteiger partial charge in [0, 0.05) is 18.5 Å². The fourth-order valence-electron chi connectivity index (χ4n) is 1.76. The summed E-state index contributed by atoms with van der Waals surface area (Å²) >= 11 is 0. The van der Waals surface area contributed by atoms with Gasteiger partial charge >= 0.3 is 0 Å². The maximum atomic E-state index is 11.5. The molecule has 0 aromatic rings. The molecule has 1 aliphatic carbocycles. The predicted octanol–water partition coefficient (Wildman–Crippen LogP) is 1.03. The summed E-state index contributed by atoms with van der Waals surface area (Å²) in [7, 11) is 0. The second kappa shape index (κ2) is 5.22. The van der Waals surface area contributed by atoms with Gasteiger partial charge in [-0.1, -0.05) is 12.8 Å². The molecule has 76 valence electrons. The van der Waals surface area contributed by atoms with Gasteiger partial charge in [0.2, 0.25) is 5.91 Å². The minimum Gasteiger partial charge on any atom is -0.356 e. The standard InChI is InChI=1S/C10H20N2O/c1-8(11)6-7-12-10(13)9-4-2-3-5-9/h8-9H,2-7,11H2,1H3,(H,12,13). The first kappa shape index (κ1) is 10.5. The summed E-state index contributed by atoms with van der Waals surface area (Å²) in [6.07, 6.45) is 5.45. The van der Waals surface area contributed by atoms with E-state index in [1.165, 1.54) is 12.8 Å². The summed E-state index contributed by atoms with van der Waals surface area (Å²) in [5.74, 6) is 0.520. The van der Waals surface area contributed by atoms with Crippen LogP contribution in [0.2, 0.25) is 0 Å². The summed E-state index contributed by atoms with van der Waals surface area (Å²) in [6, 6.07) is 0.184. The molecular weight excluding hydrogens is 164 g/mol. The number of carbonyl (C=O) groups is 1. The van der Waals surface area contributed by atoms with E-state index in [2.05, 4.69) is 5.32 Å². The van der Waals surface area contributed by atoms with Gasteiger partial charge < -0.3 is 11.1 Å². The van der Waals surface area contributed by atoms with E-state index in [9.17, 15) is 4.79 Å². The highest BCUT2D eigenvalue weighted by Gasteiger charge is 2.21. The second-order valence-electron chi connectivity index (χ2n) is 4.04. The molecule has 13 heavy (non-hydrogen) atoms. The molecule has 1 unspecified atom stereocenters. The van der Waals surface area contributed by atoms with Gasteiger partial charge in [0.15, 0.2) is 0 Å². The average molecular weight is 184 g/mol. The maximum Gasteiger partial charge on any atom is 0.223 e. The van der Waals surface area contributed by atoms with Gasteiger partial charge in [0.05, 0.1) is 0 Å². The average Bonchev–Trinajstić information content (AvgIpc) is 2.55. The molecule has 0 heterocycles. The van der Waals surface area contributed by atoms with Crippen LogP contribution in [-0.4, -0.2) is 18.5 Å². The topological polar surface area (TPSA) is 55.1 Å². The van der Waals surface area contributed by atoms with Crippen LogP contribution in [0.15, 0.2) is 0 Å². The quantitative estimate of drug-likeness (QED) is 0.685. The number of hydrogen-bond donors (Lipinski definition) is 2. The van der Waals surface area contributed by atoms with Crippen molar-refractivity contribution in [1.82, 2.24) is 5.32 Å². The van der Waals surface area contributed by atoms with E-state index < -0.39 is 0 Å². The van der Waals surface area contributed by atoms with E-state index >= 15 is 0 Å². The molecule has 0 bridgehead atoms. The van der Waals surface area contributed by atoms with E-state index in [0.29, 0.717) is 0 Å². The Labute approximate surface area is 80.1 Å². The van der Waals surface area contributed by atoms with Crippen molar-refractivity contribution in [2.24, 2.45) is 11.7 Å². The van der Waals surface area contributed by atoms with Crippen LogP contribution in [0.3, 0.4) is 0 Å². The molecule has 1 aliphatic rings. The van der Waals surface area contributed by atoms with Crippen LogP contribution in [0.25, 0.3) is 0 Å². The van der Waals surface area contributed by atoms with Gasteiger partial charge in [-0.25, -0.2) is 0 Å². The number of hydrogen-bond acceptors (Lipinski definition) is 2. The summed E-state index contributed by atoms with van der Waals surface area (Å²) in [4.78, 5) is 11.5. The van der Waals surface area contributed by atoms with Crippen LogP contribution in [0.5, 0.6) is 0 Å². The largest absolute Gasteiger partial charge is 0.356 e. The predicted molar refractivity (Wildman–Crippen MR) is 53.2 cm³/mol. The van der Waals surface area contributed by atoms with Crippen molar-refractivity contribution >= 4 is 5.91 Å². The Balaban J connectivity index is 2.10. The SMILES string of the molecule is CC(N)CCNC(=O)C1CCCC1. The third-order valence-corrected chi connectivity index (χ3v) is 2.62. The van der Waals surface area contributed by atoms with E-state index in [4.69, 9.17) is 5.73 Å². The first-order chi connectivity index (χ1) is 6.20. The van der Waals surface area contributed by atoms with Crippen LogP contribution in [-0.2, 0) is 4.79 Å². The first-order valence-electron chi connectivity index (χ1n) is 5.23. The number of carbonyl (C=O) groups excluding carboxylic acids is 1. The lowest BCUT2D eigenvalue weighted by molar-refractivity contribution is -0.124. The summed E-state index contributed by atoms with van der Waals surface area (Å²) in [5, 5.41) is 2.94. The molecule has 0 radical (unpaired) electrons. The van der Waals surface area contributed by atoms with Crippen LogP contribution >= 0.6 is 0 Å². The molecule has 0 aliphatic heterocycles. The van der Waals surface area contributed by atoms with Crippen molar-refractivity contribution in [2.45, 2.75) is 45.1 Å². The fourth-order valence-corrected chi connectivity index (χ4v) is 1.76. The number of nitrogens with one attached hydrogen (secondary N) is 1.